The molecule has 0 aromatic carbocycles. The fourth-order valence-corrected chi connectivity index (χ4v) is 6.39. The number of rotatable bonds is 19. The van der Waals surface area contributed by atoms with Crippen molar-refractivity contribution in [2.24, 2.45) is 0 Å². The molecule has 0 aromatic rings. The molecule has 0 fully saturated rings. The summed E-state index contributed by atoms with van der Waals surface area (Å²) in [6.07, 6.45) is -0.590. The zero-order valence-electron chi connectivity index (χ0n) is 17.9. The second kappa shape index (κ2) is 17.5. The average molecular weight is 511 g/mol. The van der Waals surface area contributed by atoms with E-state index in [1.54, 1.807) is 27.7 Å². The number of carbonyl (C=O) groups is 2. The predicted octanol–water partition coefficient (Wildman–Crippen LogP) is 4.68. The van der Waals surface area contributed by atoms with Crippen molar-refractivity contribution in [3.63, 3.8) is 0 Å². The molecule has 30 heavy (non-hydrogen) atoms. The van der Waals surface area contributed by atoms with E-state index in [9.17, 15) is 18.7 Å². The van der Waals surface area contributed by atoms with Gasteiger partial charge in [-0.3, -0.25) is 18.7 Å². The molecule has 0 radical (unpaired) electrons. The normalized spacial score (nSPS) is 12.0. The molecule has 0 amide bonds. The Bertz CT molecular complexity index is 520. The van der Waals surface area contributed by atoms with Crippen molar-refractivity contribution in [3.8, 4) is 0 Å². The number of ether oxygens (including phenoxy) is 2. The molecule has 0 aromatic heterocycles. The third kappa shape index (κ3) is 14.9. The molecular formula is C16H32O10P2S2. The largest absolute Gasteiger partial charge is 0.453 e. The molecule has 14 heteroatoms. The highest BCUT2D eigenvalue weighted by Crippen LogP contribution is 2.48. The van der Waals surface area contributed by atoms with Crippen LogP contribution in [0.5, 0.6) is 0 Å². The van der Waals surface area contributed by atoms with Crippen LogP contribution in [-0.2, 0) is 46.3 Å². The Morgan fingerprint density at radius 3 is 1.20 bits per heavy atom. The summed E-state index contributed by atoms with van der Waals surface area (Å²) in [6, 6.07) is 0. The summed E-state index contributed by atoms with van der Waals surface area (Å²) in [5.74, 6) is -0.110. The molecule has 0 aliphatic carbocycles. The van der Waals surface area contributed by atoms with Crippen molar-refractivity contribution in [2.75, 3.05) is 50.6 Å². The van der Waals surface area contributed by atoms with Gasteiger partial charge in [0.2, 0.25) is 0 Å². The second-order valence-corrected chi connectivity index (χ2v) is 12.0. The molecule has 0 spiro atoms. The van der Waals surface area contributed by atoms with E-state index in [0.29, 0.717) is 11.5 Å². The fourth-order valence-electron chi connectivity index (χ4n) is 1.82. The lowest BCUT2D eigenvalue weighted by molar-refractivity contribution is -0.142. The second-order valence-electron chi connectivity index (χ2n) is 5.33. The van der Waals surface area contributed by atoms with Crippen molar-refractivity contribution in [3.05, 3.63) is 0 Å². The summed E-state index contributed by atoms with van der Waals surface area (Å²) in [6.45, 7) is 7.47. The Hall–Kier alpha value is -0.0600. The topological polar surface area (TPSA) is 124 Å². The van der Waals surface area contributed by atoms with Crippen LogP contribution in [0.25, 0.3) is 0 Å². The van der Waals surface area contributed by atoms with Crippen LogP contribution in [0.1, 0.15) is 40.5 Å². The SMILES string of the molecule is CCOP(=O)(COC(=O)CCSSCCC(=O)OCP(=O)(OCC)OCC)OCC. The summed E-state index contributed by atoms with van der Waals surface area (Å²) in [5.41, 5.74) is 0. The fraction of sp³-hybridized carbons (Fsp3) is 0.875. The third-order valence-electron chi connectivity index (χ3n) is 2.93. The first-order chi connectivity index (χ1) is 14.2. The maximum Gasteiger partial charge on any atom is 0.367 e. The van der Waals surface area contributed by atoms with Gasteiger partial charge in [-0.25, -0.2) is 0 Å². The van der Waals surface area contributed by atoms with Gasteiger partial charge in [0.05, 0.1) is 39.3 Å². The lowest BCUT2D eigenvalue weighted by Gasteiger charge is -2.16. The molecular weight excluding hydrogens is 478 g/mol. The van der Waals surface area contributed by atoms with Gasteiger partial charge in [-0.2, -0.15) is 0 Å². The van der Waals surface area contributed by atoms with Crippen LogP contribution >= 0.6 is 36.8 Å². The molecule has 0 heterocycles. The first-order valence-corrected chi connectivity index (χ1v) is 15.5. The number of esters is 2. The Morgan fingerprint density at radius 1 is 0.633 bits per heavy atom. The standard InChI is InChI=1S/C16H32O10P2S2/c1-5-23-27(19,24-6-2)13-21-15(17)9-11-29-30-12-10-16(18)22-14-28(20,25-7-3)26-8-4/h5-14H2,1-4H3. The molecule has 0 aliphatic rings. The summed E-state index contributed by atoms with van der Waals surface area (Å²) in [4.78, 5) is 23.4. The van der Waals surface area contributed by atoms with Gasteiger partial charge in [0.15, 0.2) is 12.7 Å². The quantitative estimate of drug-likeness (QED) is 0.104. The van der Waals surface area contributed by atoms with Crippen LogP contribution in [0, 0.1) is 0 Å². The molecule has 178 valence electrons. The Kier molecular flexibility index (Phi) is 17.5. The Morgan fingerprint density at radius 2 is 0.933 bits per heavy atom. The van der Waals surface area contributed by atoms with Crippen molar-refractivity contribution >= 4 is 48.7 Å². The lowest BCUT2D eigenvalue weighted by atomic mass is 10.5. The van der Waals surface area contributed by atoms with Crippen LogP contribution < -0.4 is 0 Å². The van der Waals surface area contributed by atoms with Crippen LogP contribution in [0.2, 0.25) is 0 Å². The van der Waals surface area contributed by atoms with Crippen LogP contribution in [-0.4, -0.2) is 62.6 Å². The van der Waals surface area contributed by atoms with Gasteiger partial charge >= 0.3 is 27.1 Å². The average Bonchev–Trinajstić information content (AvgIpc) is 2.68. The maximum atomic E-state index is 12.2. The van der Waals surface area contributed by atoms with Crippen molar-refractivity contribution in [1.82, 2.24) is 0 Å². The molecule has 0 saturated carbocycles. The lowest BCUT2D eigenvalue weighted by Crippen LogP contribution is -2.10. The van der Waals surface area contributed by atoms with Crippen LogP contribution in [0.3, 0.4) is 0 Å². The van der Waals surface area contributed by atoms with Gasteiger partial charge in [0.1, 0.15) is 0 Å². The van der Waals surface area contributed by atoms with E-state index in [1.165, 1.54) is 21.6 Å². The van der Waals surface area contributed by atoms with Crippen LogP contribution in [0.15, 0.2) is 0 Å². The van der Waals surface area contributed by atoms with Gasteiger partial charge in [-0.15, -0.1) is 0 Å². The molecule has 0 bridgehead atoms. The Labute approximate surface area is 186 Å². The molecule has 0 N–H and O–H groups in total. The predicted molar refractivity (Wildman–Crippen MR) is 118 cm³/mol. The molecule has 0 aliphatic heterocycles. The third-order valence-corrected chi connectivity index (χ3v) is 8.84. The molecule has 0 atom stereocenters. The minimum absolute atomic E-state index is 0.117. The molecule has 0 saturated heterocycles. The zero-order valence-corrected chi connectivity index (χ0v) is 21.3. The van der Waals surface area contributed by atoms with E-state index in [4.69, 9.17) is 27.6 Å². The molecule has 0 unspecified atom stereocenters. The first-order valence-electron chi connectivity index (χ1n) is 9.56. The zero-order chi connectivity index (χ0) is 22.9. The van der Waals surface area contributed by atoms with Gasteiger partial charge in [0.25, 0.3) is 0 Å². The van der Waals surface area contributed by atoms with Crippen LogP contribution in [0.4, 0.5) is 0 Å². The van der Waals surface area contributed by atoms with E-state index in [-0.39, 0.29) is 39.3 Å². The maximum absolute atomic E-state index is 12.2. The minimum atomic E-state index is -3.41. The highest BCUT2D eigenvalue weighted by atomic mass is 33.1. The highest BCUT2D eigenvalue weighted by molar-refractivity contribution is 8.76. The van der Waals surface area contributed by atoms with E-state index in [1.807, 2.05) is 0 Å². The van der Waals surface area contributed by atoms with E-state index in [2.05, 4.69) is 0 Å². The Balaban J connectivity index is 3.93. The highest BCUT2D eigenvalue weighted by Gasteiger charge is 2.26. The van der Waals surface area contributed by atoms with Gasteiger partial charge in [0, 0.05) is 11.5 Å². The summed E-state index contributed by atoms with van der Waals surface area (Å²) in [5, 5.41) is 0. The molecule has 10 nitrogen and oxygen atoms in total. The van der Waals surface area contributed by atoms with Crippen molar-refractivity contribution < 1.29 is 46.3 Å². The number of hydrogen-bond donors (Lipinski definition) is 0. The van der Waals surface area contributed by atoms with Crippen molar-refractivity contribution in [2.45, 2.75) is 40.5 Å². The van der Waals surface area contributed by atoms with Crippen molar-refractivity contribution in [1.29, 1.82) is 0 Å². The van der Waals surface area contributed by atoms with Gasteiger partial charge < -0.3 is 27.6 Å². The molecule has 0 rings (SSSR count). The number of carbonyl (C=O) groups excluding carboxylic acids is 2. The van der Waals surface area contributed by atoms with E-state index in [0.717, 1.165) is 0 Å². The van der Waals surface area contributed by atoms with E-state index < -0.39 is 39.8 Å². The minimum Gasteiger partial charge on any atom is -0.453 e. The van der Waals surface area contributed by atoms with E-state index >= 15 is 0 Å². The first kappa shape index (κ1) is 29.9. The van der Waals surface area contributed by atoms with Gasteiger partial charge in [-0.1, -0.05) is 21.6 Å². The number of hydrogen-bond acceptors (Lipinski definition) is 12. The monoisotopic (exact) mass is 510 g/mol. The smallest absolute Gasteiger partial charge is 0.367 e. The summed E-state index contributed by atoms with van der Waals surface area (Å²) in [7, 11) is -4.03. The summed E-state index contributed by atoms with van der Waals surface area (Å²) >= 11 is 0. The summed E-state index contributed by atoms with van der Waals surface area (Å²) < 4.78 is 54.4. The van der Waals surface area contributed by atoms with Gasteiger partial charge in [-0.05, 0) is 27.7 Å².